The van der Waals surface area contributed by atoms with Crippen LogP contribution >= 0.6 is 11.6 Å². The molecule has 0 radical (unpaired) electrons. The van der Waals surface area contributed by atoms with E-state index in [1.807, 2.05) is 13.0 Å². The summed E-state index contributed by atoms with van der Waals surface area (Å²) in [5, 5.41) is 1.32. The molecular weight excluding hydrogens is 330 g/mol. The first-order valence-corrected chi connectivity index (χ1v) is 8.20. The first kappa shape index (κ1) is 15.2. The normalized spacial score (nSPS) is 20.2. The maximum absolute atomic E-state index is 13.1. The minimum absolute atomic E-state index is 0.0620. The fourth-order valence-corrected chi connectivity index (χ4v) is 3.52. The Morgan fingerprint density at radius 3 is 3.00 bits per heavy atom. The molecule has 2 saturated heterocycles. The smallest absolute Gasteiger partial charge is 0.410 e. The van der Waals surface area contributed by atoms with E-state index in [9.17, 15) is 9.59 Å². The molecule has 2 aliphatic rings. The zero-order valence-electron chi connectivity index (χ0n) is 13.2. The second kappa shape index (κ2) is 5.63. The van der Waals surface area contributed by atoms with Gasteiger partial charge in [-0.25, -0.2) is 4.79 Å². The molecule has 0 N–H and O–H groups in total. The van der Waals surface area contributed by atoms with Crippen LogP contribution in [0.2, 0.25) is 5.02 Å². The number of carbonyl (C=O) groups is 2. The van der Waals surface area contributed by atoms with E-state index in [0.717, 1.165) is 16.6 Å². The zero-order chi connectivity index (χ0) is 16.8. The van der Waals surface area contributed by atoms with Gasteiger partial charge in [0.2, 0.25) is 0 Å². The van der Waals surface area contributed by atoms with Crippen LogP contribution in [0.15, 0.2) is 24.3 Å². The molecule has 6 nitrogen and oxygen atoms in total. The number of piperazine rings is 1. The van der Waals surface area contributed by atoms with E-state index >= 15 is 0 Å². The third-order valence-electron chi connectivity index (χ3n) is 4.53. The van der Waals surface area contributed by atoms with E-state index in [1.54, 1.807) is 28.0 Å². The van der Waals surface area contributed by atoms with Gasteiger partial charge in [0.1, 0.15) is 6.61 Å². The van der Waals surface area contributed by atoms with Gasteiger partial charge in [0, 0.05) is 35.7 Å². The van der Waals surface area contributed by atoms with Gasteiger partial charge in [0.15, 0.2) is 0 Å². The number of pyridine rings is 1. The Kier molecular flexibility index (Phi) is 3.57. The minimum atomic E-state index is -0.288. The molecule has 124 valence electrons. The minimum Gasteiger partial charge on any atom is -0.447 e. The van der Waals surface area contributed by atoms with Crippen molar-refractivity contribution in [2.75, 3.05) is 26.2 Å². The fourth-order valence-electron chi connectivity index (χ4n) is 3.35. The van der Waals surface area contributed by atoms with Gasteiger partial charge in [-0.1, -0.05) is 11.6 Å². The Morgan fingerprint density at radius 1 is 1.33 bits per heavy atom. The summed E-state index contributed by atoms with van der Waals surface area (Å²) in [6.07, 6.45) is -0.288. The molecule has 2 aliphatic heterocycles. The number of rotatable bonds is 1. The summed E-state index contributed by atoms with van der Waals surface area (Å²) >= 11 is 6.10. The molecule has 0 unspecified atom stereocenters. The zero-order valence-corrected chi connectivity index (χ0v) is 13.9. The summed E-state index contributed by atoms with van der Waals surface area (Å²) in [6, 6.07) is 7.10. The van der Waals surface area contributed by atoms with E-state index in [1.165, 1.54) is 0 Å². The Hall–Kier alpha value is -2.34. The van der Waals surface area contributed by atoms with Crippen LogP contribution in [-0.2, 0) is 4.74 Å². The van der Waals surface area contributed by atoms with Crippen molar-refractivity contribution < 1.29 is 14.3 Å². The number of hydrogen-bond acceptors (Lipinski definition) is 4. The molecule has 1 aromatic heterocycles. The molecular formula is C17H16ClN3O3. The quantitative estimate of drug-likeness (QED) is 0.796. The molecule has 1 atom stereocenters. The maximum atomic E-state index is 13.1. The second-order valence-electron chi connectivity index (χ2n) is 6.15. The van der Waals surface area contributed by atoms with Gasteiger partial charge in [0.05, 0.1) is 17.1 Å². The van der Waals surface area contributed by atoms with Crippen LogP contribution in [0.5, 0.6) is 0 Å². The monoisotopic (exact) mass is 345 g/mol. The lowest BCUT2D eigenvalue weighted by Crippen LogP contribution is -2.53. The van der Waals surface area contributed by atoms with Crippen LogP contribution in [0.1, 0.15) is 16.1 Å². The molecule has 1 aromatic carbocycles. The molecule has 0 spiro atoms. The Morgan fingerprint density at radius 2 is 2.17 bits per heavy atom. The predicted octanol–water partition coefficient (Wildman–Crippen LogP) is 2.47. The van der Waals surface area contributed by atoms with Crippen LogP contribution in [0.3, 0.4) is 0 Å². The molecule has 0 saturated carbocycles. The van der Waals surface area contributed by atoms with Crippen LogP contribution in [0.25, 0.3) is 10.9 Å². The largest absolute Gasteiger partial charge is 0.447 e. The average Bonchev–Trinajstić information content (AvgIpc) is 2.94. The molecule has 24 heavy (non-hydrogen) atoms. The number of nitrogens with zero attached hydrogens (tertiary/aromatic N) is 3. The molecule has 2 amide bonds. The van der Waals surface area contributed by atoms with Gasteiger partial charge in [-0.15, -0.1) is 0 Å². The number of amides is 2. The van der Waals surface area contributed by atoms with E-state index in [0.29, 0.717) is 36.8 Å². The summed E-state index contributed by atoms with van der Waals surface area (Å²) in [4.78, 5) is 32.6. The molecule has 3 heterocycles. The lowest BCUT2D eigenvalue weighted by Gasteiger charge is -2.35. The van der Waals surface area contributed by atoms with Crippen molar-refractivity contribution in [2.45, 2.75) is 13.0 Å². The van der Waals surface area contributed by atoms with Gasteiger partial charge in [-0.2, -0.15) is 0 Å². The van der Waals surface area contributed by atoms with E-state index in [2.05, 4.69) is 4.98 Å². The number of carbonyl (C=O) groups excluding carboxylic acids is 2. The highest BCUT2D eigenvalue weighted by Crippen LogP contribution is 2.25. The summed E-state index contributed by atoms with van der Waals surface area (Å²) in [6.45, 7) is 3.68. The fraction of sp³-hybridized carbons (Fsp3) is 0.353. The Bertz CT molecular complexity index is 854. The number of benzene rings is 1. The van der Waals surface area contributed by atoms with Gasteiger partial charge in [-0.05, 0) is 31.2 Å². The summed E-state index contributed by atoms with van der Waals surface area (Å²) in [7, 11) is 0. The van der Waals surface area contributed by atoms with E-state index < -0.39 is 0 Å². The van der Waals surface area contributed by atoms with Crippen molar-refractivity contribution in [3.05, 3.63) is 40.5 Å². The van der Waals surface area contributed by atoms with Crippen molar-refractivity contribution >= 4 is 34.5 Å². The maximum Gasteiger partial charge on any atom is 0.410 e. The number of hydrogen-bond donors (Lipinski definition) is 0. The third-order valence-corrected chi connectivity index (χ3v) is 4.77. The lowest BCUT2D eigenvalue weighted by molar-refractivity contribution is 0.0618. The SMILES string of the molecule is Cc1cc(C(=O)N2CCN3C(=O)OC[C@@H]3C2)c2cc(Cl)ccc2n1. The van der Waals surface area contributed by atoms with Crippen LogP contribution in [0, 0.1) is 6.92 Å². The van der Waals surface area contributed by atoms with Crippen molar-refractivity contribution in [3.8, 4) is 0 Å². The van der Waals surface area contributed by atoms with Gasteiger partial charge in [0.25, 0.3) is 5.91 Å². The number of fused-ring (bicyclic) bond motifs is 2. The molecule has 7 heteroatoms. The van der Waals surface area contributed by atoms with Crippen LogP contribution in [-0.4, -0.2) is 59.1 Å². The summed E-state index contributed by atoms with van der Waals surface area (Å²) in [5.74, 6) is -0.0632. The van der Waals surface area contributed by atoms with Gasteiger partial charge < -0.3 is 9.64 Å². The van der Waals surface area contributed by atoms with Gasteiger partial charge in [-0.3, -0.25) is 14.7 Å². The van der Waals surface area contributed by atoms with Crippen molar-refractivity contribution in [1.29, 1.82) is 0 Å². The Balaban J connectivity index is 1.68. The highest BCUT2D eigenvalue weighted by Gasteiger charge is 2.39. The molecule has 0 bridgehead atoms. The highest BCUT2D eigenvalue weighted by molar-refractivity contribution is 6.31. The van der Waals surface area contributed by atoms with Crippen molar-refractivity contribution in [3.63, 3.8) is 0 Å². The van der Waals surface area contributed by atoms with Crippen molar-refractivity contribution in [2.24, 2.45) is 0 Å². The van der Waals surface area contributed by atoms with E-state index in [-0.39, 0.29) is 18.0 Å². The predicted molar refractivity (Wildman–Crippen MR) is 89.2 cm³/mol. The number of aryl methyl sites for hydroxylation is 1. The lowest BCUT2D eigenvalue weighted by atomic mass is 10.1. The highest BCUT2D eigenvalue weighted by atomic mass is 35.5. The Labute approximate surface area is 144 Å². The first-order valence-electron chi connectivity index (χ1n) is 7.82. The standard InChI is InChI=1S/C17H16ClN3O3/c1-10-6-14(13-7-11(18)2-3-15(13)19-10)16(22)20-4-5-21-12(8-20)9-24-17(21)23/h2-3,6-7,12H,4-5,8-9H2,1H3/t12-/m0/s1. The summed E-state index contributed by atoms with van der Waals surface area (Å²) in [5.41, 5.74) is 2.13. The first-order chi connectivity index (χ1) is 11.5. The number of halogens is 1. The molecule has 2 aromatic rings. The van der Waals surface area contributed by atoms with Crippen molar-refractivity contribution in [1.82, 2.24) is 14.8 Å². The van der Waals surface area contributed by atoms with E-state index in [4.69, 9.17) is 16.3 Å². The molecule has 0 aliphatic carbocycles. The third kappa shape index (κ3) is 2.47. The number of cyclic esters (lactones) is 1. The van der Waals surface area contributed by atoms with Crippen LogP contribution in [0.4, 0.5) is 4.79 Å². The summed E-state index contributed by atoms with van der Waals surface area (Å²) < 4.78 is 5.06. The number of aromatic nitrogens is 1. The van der Waals surface area contributed by atoms with Crippen LogP contribution < -0.4 is 0 Å². The second-order valence-corrected chi connectivity index (χ2v) is 6.58. The average molecular weight is 346 g/mol. The van der Waals surface area contributed by atoms with Gasteiger partial charge >= 0.3 is 6.09 Å². The topological polar surface area (TPSA) is 62.7 Å². The molecule has 2 fully saturated rings. The molecule has 4 rings (SSSR count). The number of ether oxygens (including phenoxy) is 1.